The highest BCUT2D eigenvalue weighted by atomic mass is 32.1. The van der Waals surface area contributed by atoms with Gasteiger partial charge in [-0.05, 0) is 36.4 Å². The molecule has 2 heterocycles. The largest absolute Gasteiger partial charge is 0.342 e. The maximum atomic E-state index is 5.95. The second-order valence-electron chi connectivity index (χ2n) is 5.06. The smallest absolute Gasteiger partial charge is 0.0569 e. The summed E-state index contributed by atoms with van der Waals surface area (Å²) < 4.78 is 2.33. The van der Waals surface area contributed by atoms with Crippen LogP contribution in [0, 0.1) is 0 Å². The summed E-state index contributed by atoms with van der Waals surface area (Å²) in [6, 6.07) is 13.1. The van der Waals surface area contributed by atoms with Crippen molar-refractivity contribution in [3.05, 3.63) is 58.4 Å². The monoisotopic (exact) mass is 270 g/mol. The van der Waals surface area contributed by atoms with E-state index in [1.54, 1.807) is 11.3 Å². The van der Waals surface area contributed by atoms with E-state index in [2.05, 4.69) is 59.5 Å². The van der Waals surface area contributed by atoms with E-state index in [-0.39, 0.29) is 6.04 Å². The molecule has 0 amide bonds. The number of rotatable bonds is 4. The van der Waals surface area contributed by atoms with Gasteiger partial charge >= 0.3 is 0 Å². The summed E-state index contributed by atoms with van der Waals surface area (Å²) in [7, 11) is 0. The fourth-order valence-electron chi connectivity index (χ4n) is 2.53. The van der Waals surface area contributed by atoms with E-state index in [1.807, 2.05) is 0 Å². The van der Waals surface area contributed by atoms with Crippen LogP contribution >= 0.6 is 11.3 Å². The molecule has 98 valence electrons. The van der Waals surface area contributed by atoms with Crippen LogP contribution in [0.1, 0.15) is 17.4 Å². The first kappa shape index (κ1) is 12.5. The Morgan fingerprint density at radius 1 is 1.21 bits per heavy atom. The molecule has 0 spiro atoms. The highest BCUT2D eigenvalue weighted by Crippen LogP contribution is 2.24. The number of nitrogens with two attached hydrogens (primary N) is 1. The Kier molecular flexibility index (Phi) is 3.40. The van der Waals surface area contributed by atoms with Crippen LogP contribution in [0.4, 0.5) is 0 Å². The van der Waals surface area contributed by atoms with Crippen molar-refractivity contribution in [1.82, 2.24) is 4.57 Å². The molecule has 1 aromatic carbocycles. The fourth-order valence-corrected chi connectivity index (χ4v) is 3.24. The van der Waals surface area contributed by atoms with E-state index in [0.29, 0.717) is 0 Å². The minimum absolute atomic E-state index is 0.195. The van der Waals surface area contributed by atoms with E-state index < -0.39 is 0 Å². The predicted molar refractivity (Wildman–Crippen MR) is 82.7 cm³/mol. The van der Waals surface area contributed by atoms with Crippen molar-refractivity contribution in [2.45, 2.75) is 25.9 Å². The molecule has 3 rings (SSSR count). The number of aromatic nitrogens is 1. The third-order valence-electron chi connectivity index (χ3n) is 3.32. The summed E-state index contributed by atoms with van der Waals surface area (Å²) in [5, 5.41) is 3.46. The van der Waals surface area contributed by atoms with Crippen molar-refractivity contribution in [3.63, 3.8) is 0 Å². The van der Waals surface area contributed by atoms with Gasteiger partial charge in [0.1, 0.15) is 0 Å². The molecule has 2 nitrogen and oxygen atoms in total. The Hall–Kier alpha value is -1.58. The quantitative estimate of drug-likeness (QED) is 0.771. The van der Waals surface area contributed by atoms with Gasteiger partial charge in [-0.1, -0.05) is 24.3 Å². The second kappa shape index (κ2) is 5.19. The molecule has 0 aliphatic heterocycles. The average molecular weight is 270 g/mol. The molecule has 1 unspecified atom stereocenters. The summed E-state index contributed by atoms with van der Waals surface area (Å²) >= 11 is 1.80. The first-order valence-electron chi connectivity index (χ1n) is 6.59. The van der Waals surface area contributed by atoms with Gasteiger partial charge in [-0.2, -0.15) is 0 Å². The van der Waals surface area contributed by atoms with E-state index in [1.165, 1.54) is 21.3 Å². The molecule has 3 aromatic rings. The fraction of sp³-hybridized carbons (Fsp3) is 0.250. The van der Waals surface area contributed by atoms with Crippen molar-refractivity contribution in [2.75, 3.05) is 0 Å². The van der Waals surface area contributed by atoms with Crippen LogP contribution in [0.3, 0.4) is 0 Å². The zero-order chi connectivity index (χ0) is 13.2. The third-order valence-corrected chi connectivity index (χ3v) is 4.18. The van der Waals surface area contributed by atoms with E-state index in [9.17, 15) is 0 Å². The van der Waals surface area contributed by atoms with Gasteiger partial charge in [-0.15, -0.1) is 11.3 Å². The third kappa shape index (κ3) is 2.57. The number of hydrogen-bond donors (Lipinski definition) is 1. The number of hydrogen-bond acceptors (Lipinski definition) is 2. The van der Waals surface area contributed by atoms with Crippen LogP contribution in [-0.4, -0.2) is 10.6 Å². The number of nitrogens with zero attached hydrogens (tertiary/aromatic N) is 1. The molecule has 1 atom stereocenters. The van der Waals surface area contributed by atoms with Crippen molar-refractivity contribution in [2.24, 2.45) is 5.73 Å². The molecule has 19 heavy (non-hydrogen) atoms. The molecular formula is C16H18N2S. The lowest BCUT2D eigenvalue weighted by Gasteiger charge is -2.02. The summed E-state index contributed by atoms with van der Waals surface area (Å²) in [6.45, 7) is 3.00. The number of benzene rings is 1. The minimum Gasteiger partial charge on any atom is -0.342 e. The van der Waals surface area contributed by atoms with Gasteiger partial charge in [0.15, 0.2) is 0 Å². The van der Waals surface area contributed by atoms with Crippen LogP contribution in [0.25, 0.3) is 10.9 Å². The zero-order valence-corrected chi connectivity index (χ0v) is 11.9. The standard InChI is InChI=1S/C16H18N2S/c1-12(17)9-13-10-18(11-14-5-4-8-19-14)16-7-3-2-6-15(13)16/h2-8,10,12H,9,11,17H2,1H3. The number of fused-ring (bicyclic) bond motifs is 1. The Morgan fingerprint density at radius 2 is 2.05 bits per heavy atom. The van der Waals surface area contributed by atoms with Crippen LogP contribution in [0.2, 0.25) is 0 Å². The van der Waals surface area contributed by atoms with Crippen LogP contribution in [0.15, 0.2) is 48.0 Å². The maximum Gasteiger partial charge on any atom is 0.0569 e. The van der Waals surface area contributed by atoms with E-state index in [0.717, 1.165) is 13.0 Å². The lowest BCUT2D eigenvalue weighted by molar-refractivity contribution is 0.735. The van der Waals surface area contributed by atoms with Gasteiger partial charge in [0, 0.05) is 28.0 Å². The molecule has 0 aliphatic rings. The zero-order valence-electron chi connectivity index (χ0n) is 11.0. The molecule has 0 saturated carbocycles. The predicted octanol–water partition coefficient (Wildman–Crippen LogP) is 3.64. The van der Waals surface area contributed by atoms with Gasteiger partial charge in [0.2, 0.25) is 0 Å². The van der Waals surface area contributed by atoms with Crippen LogP contribution < -0.4 is 5.73 Å². The first-order valence-corrected chi connectivity index (χ1v) is 7.46. The van der Waals surface area contributed by atoms with Crippen molar-refractivity contribution >= 4 is 22.2 Å². The van der Waals surface area contributed by atoms with Crippen molar-refractivity contribution < 1.29 is 0 Å². The Bertz CT molecular complexity index is 665. The Morgan fingerprint density at radius 3 is 2.79 bits per heavy atom. The van der Waals surface area contributed by atoms with Gasteiger partial charge in [0.25, 0.3) is 0 Å². The lowest BCUT2D eigenvalue weighted by atomic mass is 10.1. The topological polar surface area (TPSA) is 30.9 Å². The molecule has 0 fully saturated rings. The Labute approximate surface area is 117 Å². The van der Waals surface area contributed by atoms with E-state index in [4.69, 9.17) is 5.73 Å². The molecule has 3 heteroatoms. The van der Waals surface area contributed by atoms with Crippen molar-refractivity contribution in [1.29, 1.82) is 0 Å². The van der Waals surface area contributed by atoms with Gasteiger partial charge < -0.3 is 10.3 Å². The second-order valence-corrected chi connectivity index (χ2v) is 6.09. The summed E-state index contributed by atoms with van der Waals surface area (Å²) in [5.74, 6) is 0. The van der Waals surface area contributed by atoms with Crippen LogP contribution in [-0.2, 0) is 13.0 Å². The summed E-state index contributed by atoms with van der Waals surface area (Å²) in [5.41, 5.74) is 8.60. The molecule has 0 bridgehead atoms. The highest BCUT2D eigenvalue weighted by molar-refractivity contribution is 7.09. The van der Waals surface area contributed by atoms with Crippen molar-refractivity contribution in [3.8, 4) is 0 Å². The van der Waals surface area contributed by atoms with Crippen LogP contribution in [0.5, 0.6) is 0 Å². The highest BCUT2D eigenvalue weighted by Gasteiger charge is 2.10. The maximum absolute atomic E-state index is 5.95. The van der Waals surface area contributed by atoms with E-state index >= 15 is 0 Å². The normalized spacial score (nSPS) is 12.9. The molecular weight excluding hydrogens is 252 g/mol. The summed E-state index contributed by atoms with van der Waals surface area (Å²) in [4.78, 5) is 1.38. The lowest BCUT2D eigenvalue weighted by Crippen LogP contribution is -2.17. The van der Waals surface area contributed by atoms with Gasteiger partial charge in [-0.25, -0.2) is 0 Å². The molecule has 0 aliphatic carbocycles. The Balaban J connectivity index is 2.04. The average Bonchev–Trinajstić information content (AvgIpc) is 2.99. The molecule has 0 radical (unpaired) electrons. The SMILES string of the molecule is CC(N)Cc1cn(Cc2cccs2)c2ccccc12. The number of para-hydroxylation sites is 1. The molecule has 0 saturated heterocycles. The van der Waals surface area contributed by atoms with Gasteiger partial charge in [0.05, 0.1) is 6.54 Å². The molecule has 2 N–H and O–H groups in total. The van der Waals surface area contributed by atoms with Gasteiger partial charge in [-0.3, -0.25) is 0 Å². The first-order chi connectivity index (χ1) is 9.24. The number of thiophene rings is 1. The summed E-state index contributed by atoms with van der Waals surface area (Å²) in [6.07, 6.45) is 3.19. The minimum atomic E-state index is 0.195. The molecule has 2 aromatic heterocycles.